The Morgan fingerprint density at radius 1 is 1.18 bits per heavy atom. The van der Waals surface area contributed by atoms with E-state index < -0.39 is 0 Å². The number of aryl methyl sites for hydroxylation is 1. The number of likely N-dealkylation sites (N-methyl/N-ethyl adjacent to an activating group) is 1. The van der Waals surface area contributed by atoms with Crippen LogP contribution in [0.25, 0.3) is 21.6 Å². The first kappa shape index (κ1) is 18.2. The Morgan fingerprint density at radius 3 is 2.68 bits per heavy atom. The summed E-state index contributed by atoms with van der Waals surface area (Å²) < 4.78 is 1.12. The minimum absolute atomic E-state index is 0.0323. The SMILES string of the molecule is Cc1ccc(-c2nnn(CC(=O)N(C)[C@@H](C)c3nc4ccccc4s3)n2)cc1. The van der Waals surface area contributed by atoms with Gasteiger partial charge >= 0.3 is 0 Å². The molecule has 0 spiro atoms. The summed E-state index contributed by atoms with van der Waals surface area (Å²) in [6, 6.07) is 15.7. The Kier molecular flexibility index (Phi) is 4.87. The number of fused-ring (bicyclic) bond motifs is 1. The van der Waals surface area contributed by atoms with E-state index >= 15 is 0 Å². The number of aromatic nitrogens is 5. The molecule has 0 N–H and O–H groups in total. The van der Waals surface area contributed by atoms with Crippen LogP contribution in [-0.2, 0) is 11.3 Å². The van der Waals surface area contributed by atoms with Gasteiger partial charge in [0, 0.05) is 12.6 Å². The smallest absolute Gasteiger partial charge is 0.246 e. The van der Waals surface area contributed by atoms with Crippen LogP contribution in [0.4, 0.5) is 0 Å². The number of benzene rings is 2. The summed E-state index contributed by atoms with van der Waals surface area (Å²) in [5.41, 5.74) is 2.99. The maximum absolute atomic E-state index is 12.7. The summed E-state index contributed by atoms with van der Waals surface area (Å²) in [5.74, 6) is 0.411. The lowest BCUT2D eigenvalue weighted by atomic mass is 10.1. The van der Waals surface area contributed by atoms with Crippen molar-refractivity contribution in [2.75, 3.05) is 7.05 Å². The molecule has 7 nitrogen and oxygen atoms in total. The molecule has 2 aromatic carbocycles. The predicted octanol–water partition coefficient (Wildman–Crippen LogP) is 3.48. The third kappa shape index (κ3) is 3.63. The van der Waals surface area contributed by atoms with Gasteiger partial charge in [-0.1, -0.05) is 42.0 Å². The second-order valence-electron chi connectivity index (χ2n) is 6.71. The van der Waals surface area contributed by atoms with E-state index in [1.165, 1.54) is 4.80 Å². The van der Waals surface area contributed by atoms with E-state index in [9.17, 15) is 4.79 Å². The van der Waals surface area contributed by atoms with Gasteiger partial charge in [-0.25, -0.2) is 4.98 Å². The van der Waals surface area contributed by atoms with Gasteiger partial charge in [0.05, 0.1) is 16.3 Å². The van der Waals surface area contributed by atoms with Gasteiger partial charge in [-0.3, -0.25) is 4.79 Å². The number of para-hydroxylation sites is 1. The molecule has 28 heavy (non-hydrogen) atoms. The summed E-state index contributed by atoms with van der Waals surface area (Å²) in [6.07, 6.45) is 0. The number of thiazole rings is 1. The number of carbonyl (C=O) groups excluding carboxylic acids is 1. The first-order chi connectivity index (χ1) is 13.5. The van der Waals surface area contributed by atoms with Crippen LogP contribution in [0.3, 0.4) is 0 Å². The van der Waals surface area contributed by atoms with Crippen LogP contribution in [0.15, 0.2) is 48.5 Å². The van der Waals surface area contributed by atoms with Crippen LogP contribution in [0.1, 0.15) is 23.5 Å². The quantitative estimate of drug-likeness (QED) is 0.520. The molecule has 0 saturated heterocycles. The number of hydrogen-bond acceptors (Lipinski definition) is 6. The topological polar surface area (TPSA) is 76.8 Å². The highest BCUT2D eigenvalue weighted by molar-refractivity contribution is 7.18. The average molecular weight is 392 g/mol. The van der Waals surface area contributed by atoms with E-state index in [1.807, 2.05) is 62.4 Å². The number of amides is 1. The van der Waals surface area contributed by atoms with Gasteiger partial charge in [-0.05, 0) is 31.2 Å². The molecule has 2 heterocycles. The van der Waals surface area contributed by atoms with Crippen molar-refractivity contribution in [3.8, 4) is 11.4 Å². The zero-order valence-corrected chi connectivity index (χ0v) is 16.7. The van der Waals surface area contributed by atoms with E-state index in [4.69, 9.17) is 0 Å². The first-order valence-corrected chi connectivity index (χ1v) is 9.79. The second kappa shape index (κ2) is 7.47. The second-order valence-corrected chi connectivity index (χ2v) is 7.77. The first-order valence-electron chi connectivity index (χ1n) is 8.97. The van der Waals surface area contributed by atoms with Crippen molar-refractivity contribution in [1.29, 1.82) is 0 Å². The zero-order valence-electron chi connectivity index (χ0n) is 15.9. The largest absolute Gasteiger partial charge is 0.335 e. The van der Waals surface area contributed by atoms with Crippen LogP contribution in [-0.4, -0.2) is 43.0 Å². The average Bonchev–Trinajstić information content (AvgIpc) is 3.34. The van der Waals surface area contributed by atoms with E-state index in [1.54, 1.807) is 23.3 Å². The van der Waals surface area contributed by atoms with Crippen molar-refractivity contribution in [1.82, 2.24) is 30.1 Å². The lowest BCUT2D eigenvalue weighted by Gasteiger charge is -2.22. The van der Waals surface area contributed by atoms with Gasteiger partial charge < -0.3 is 4.90 Å². The van der Waals surface area contributed by atoms with Gasteiger partial charge in [0.25, 0.3) is 0 Å². The molecule has 1 atom stereocenters. The fourth-order valence-electron chi connectivity index (χ4n) is 2.81. The lowest BCUT2D eigenvalue weighted by molar-refractivity contribution is -0.132. The van der Waals surface area contributed by atoms with Crippen LogP contribution >= 0.6 is 11.3 Å². The van der Waals surface area contributed by atoms with Crippen molar-refractivity contribution >= 4 is 27.5 Å². The number of nitrogens with zero attached hydrogens (tertiary/aromatic N) is 6. The molecule has 142 valence electrons. The molecule has 1 amide bonds. The molecule has 0 aliphatic heterocycles. The Bertz CT molecular complexity index is 1080. The molecule has 4 aromatic rings. The highest BCUT2D eigenvalue weighted by atomic mass is 32.1. The maximum Gasteiger partial charge on any atom is 0.246 e. The Morgan fingerprint density at radius 2 is 1.93 bits per heavy atom. The zero-order chi connectivity index (χ0) is 19.7. The molecule has 0 fully saturated rings. The maximum atomic E-state index is 12.7. The van der Waals surface area contributed by atoms with Crippen molar-refractivity contribution in [2.24, 2.45) is 0 Å². The Hall–Kier alpha value is -3.13. The Balaban J connectivity index is 1.46. The van der Waals surface area contributed by atoms with E-state index in [2.05, 4.69) is 20.4 Å². The summed E-state index contributed by atoms with van der Waals surface area (Å²) in [7, 11) is 1.77. The standard InChI is InChI=1S/C20H20N6OS/c1-13-8-10-15(11-9-13)19-22-24-26(23-19)12-18(27)25(3)14(2)20-21-16-6-4-5-7-17(16)28-20/h4-11,14H,12H2,1-3H3/t14-/m0/s1. The third-order valence-electron chi connectivity index (χ3n) is 4.68. The van der Waals surface area contributed by atoms with Crippen LogP contribution < -0.4 is 0 Å². The van der Waals surface area contributed by atoms with Crippen molar-refractivity contribution in [3.63, 3.8) is 0 Å². The normalized spacial score (nSPS) is 12.2. The van der Waals surface area contributed by atoms with Gasteiger partial charge in [0.1, 0.15) is 11.6 Å². The molecule has 0 radical (unpaired) electrons. The van der Waals surface area contributed by atoms with Crippen molar-refractivity contribution in [3.05, 3.63) is 59.1 Å². The van der Waals surface area contributed by atoms with Crippen LogP contribution in [0.5, 0.6) is 0 Å². The minimum atomic E-state index is -0.134. The summed E-state index contributed by atoms with van der Waals surface area (Å²) in [5, 5.41) is 13.3. The van der Waals surface area contributed by atoms with Crippen molar-refractivity contribution in [2.45, 2.75) is 26.4 Å². The molecule has 0 saturated carbocycles. The summed E-state index contributed by atoms with van der Waals surface area (Å²) >= 11 is 1.60. The number of tetrazole rings is 1. The predicted molar refractivity (Wildman–Crippen MR) is 109 cm³/mol. The molecular weight excluding hydrogens is 372 g/mol. The molecule has 0 unspecified atom stereocenters. The fourth-order valence-corrected chi connectivity index (χ4v) is 3.87. The highest BCUT2D eigenvalue weighted by Crippen LogP contribution is 2.28. The van der Waals surface area contributed by atoms with Crippen LogP contribution in [0.2, 0.25) is 0 Å². The summed E-state index contributed by atoms with van der Waals surface area (Å²) in [6.45, 7) is 4.03. The minimum Gasteiger partial charge on any atom is -0.335 e. The monoisotopic (exact) mass is 392 g/mol. The van der Waals surface area contributed by atoms with E-state index in [-0.39, 0.29) is 18.5 Å². The number of hydrogen-bond donors (Lipinski definition) is 0. The number of rotatable bonds is 5. The molecule has 0 bridgehead atoms. The van der Waals surface area contributed by atoms with Gasteiger partial charge in [0.15, 0.2) is 0 Å². The Labute approximate surface area is 166 Å². The molecule has 8 heteroatoms. The lowest BCUT2D eigenvalue weighted by Crippen LogP contribution is -2.33. The summed E-state index contributed by atoms with van der Waals surface area (Å²) in [4.78, 5) is 20.4. The van der Waals surface area contributed by atoms with E-state index in [0.29, 0.717) is 5.82 Å². The van der Waals surface area contributed by atoms with Crippen LogP contribution in [0, 0.1) is 6.92 Å². The molecule has 2 aromatic heterocycles. The highest BCUT2D eigenvalue weighted by Gasteiger charge is 2.22. The molecule has 0 aliphatic rings. The van der Waals surface area contributed by atoms with Gasteiger partial charge in [0.2, 0.25) is 11.7 Å². The molecule has 0 aliphatic carbocycles. The fraction of sp³-hybridized carbons (Fsp3) is 0.250. The van der Waals surface area contributed by atoms with Gasteiger partial charge in [-0.2, -0.15) is 4.80 Å². The van der Waals surface area contributed by atoms with Gasteiger partial charge in [-0.15, -0.1) is 21.5 Å². The van der Waals surface area contributed by atoms with E-state index in [0.717, 1.165) is 26.4 Å². The number of carbonyl (C=O) groups is 1. The molecule has 4 rings (SSSR count). The molecular formula is C20H20N6OS. The van der Waals surface area contributed by atoms with Crippen molar-refractivity contribution < 1.29 is 4.79 Å². The third-order valence-corrected chi connectivity index (χ3v) is 5.89.